The van der Waals surface area contributed by atoms with Gasteiger partial charge in [-0.2, -0.15) is 0 Å². The van der Waals surface area contributed by atoms with Crippen molar-refractivity contribution in [1.82, 2.24) is 14.9 Å². The third kappa shape index (κ3) is 5.51. The van der Waals surface area contributed by atoms with E-state index in [1.54, 1.807) is 6.20 Å². The molecule has 6 nitrogen and oxygen atoms in total. The van der Waals surface area contributed by atoms with Crippen molar-refractivity contribution < 1.29 is 9.53 Å². The third-order valence-corrected chi connectivity index (χ3v) is 7.24. The van der Waals surface area contributed by atoms with Crippen LogP contribution in [-0.2, 0) is 4.79 Å². The van der Waals surface area contributed by atoms with Crippen LogP contribution in [0.4, 0.5) is 5.69 Å². The van der Waals surface area contributed by atoms with Gasteiger partial charge in [0.15, 0.2) is 6.61 Å². The number of anilines is 1. The zero-order chi connectivity index (χ0) is 24.9. The van der Waals surface area contributed by atoms with Crippen molar-refractivity contribution in [3.8, 4) is 17.0 Å². The largest absolute Gasteiger partial charge is 0.484 e. The van der Waals surface area contributed by atoms with E-state index in [2.05, 4.69) is 51.4 Å². The first-order chi connectivity index (χ1) is 17.6. The van der Waals surface area contributed by atoms with Gasteiger partial charge in [0.05, 0.1) is 15.7 Å². The highest BCUT2D eigenvalue weighted by atomic mass is 79.9. The van der Waals surface area contributed by atoms with Crippen LogP contribution in [0.1, 0.15) is 18.4 Å². The first-order valence-electron chi connectivity index (χ1n) is 12.3. The highest BCUT2D eigenvalue weighted by Crippen LogP contribution is 2.33. The van der Waals surface area contributed by atoms with E-state index in [0.717, 1.165) is 70.5 Å². The maximum Gasteiger partial charge on any atom is 0.260 e. The first-order valence-corrected chi connectivity index (χ1v) is 13.1. The summed E-state index contributed by atoms with van der Waals surface area (Å²) in [6, 6.07) is 19.9. The number of benzene rings is 2. The van der Waals surface area contributed by atoms with Crippen molar-refractivity contribution in [3.63, 3.8) is 0 Å². The lowest BCUT2D eigenvalue weighted by atomic mass is 9.97. The molecule has 0 aliphatic carbocycles. The quantitative estimate of drug-likeness (QED) is 0.304. The second-order valence-corrected chi connectivity index (χ2v) is 10.1. The van der Waals surface area contributed by atoms with E-state index in [0.29, 0.717) is 5.92 Å². The summed E-state index contributed by atoms with van der Waals surface area (Å²) in [5.74, 6) is 1.10. The summed E-state index contributed by atoms with van der Waals surface area (Å²) in [5.41, 5.74) is 5.10. The van der Waals surface area contributed by atoms with Gasteiger partial charge in [-0.3, -0.25) is 9.78 Å². The Hall–Kier alpha value is -3.45. The predicted molar refractivity (Wildman–Crippen MR) is 147 cm³/mol. The van der Waals surface area contributed by atoms with Gasteiger partial charge in [0.2, 0.25) is 0 Å². The van der Waals surface area contributed by atoms with E-state index in [-0.39, 0.29) is 12.5 Å². The molecule has 1 aliphatic rings. The number of nitrogens with one attached hydrogen (secondary N) is 1. The van der Waals surface area contributed by atoms with Crippen LogP contribution in [0.3, 0.4) is 0 Å². The van der Waals surface area contributed by atoms with Crippen LogP contribution >= 0.6 is 15.9 Å². The van der Waals surface area contributed by atoms with E-state index in [1.807, 2.05) is 53.6 Å². The number of carbonyl (C=O) groups excluding carboxylic acids is 1. The smallest absolute Gasteiger partial charge is 0.260 e. The minimum Gasteiger partial charge on any atom is -0.484 e. The Morgan fingerprint density at radius 2 is 1.94 bits per heavy atom. The van der Waals surface area contributed by atoms with Gasteiger partial charge in [-0.15, -0.1) is 0 Å². The Kier molecular flexibility index (Phi) is 7.47. The molecule has 0 spiro atoms. The lowest BCUT2D eigenvalue weighted by Crippen LogP contribution is -2.43. The van der Waals surface area contributed by atoms with Crippen molar-refractivity contribution in [2.75, 3.05) is 31.6 Å². The Bertz CT molecular complexity index is 1360. The molecular formula is C29H29BrN4O2. The molecular weight excluding hydrogens is 516 g/mol. The number of carbonyl (C=O) groups is 1. The molecule has 7 heteroatoms. The molecule has 1 amide bonds. The van der Waals surface area contributed by atoms with Crippen molar-refractivity contribution in [1.29, 1.82) is 0 Å². The number of aromatic nitrogens is 2. The van der Waals surface area contributed by atoms with Gasteiger partial charge < -0.3 is 15.0 Å². The molecule has 2 aromatic heterocycles. The van der Waals surface area contributed by atoms with Gasteiger partial charge in [0, 0.05) is 48.7 Å². The number of hydrogen-bond acceptors (Lipinski definition) is 5. The van der Waals surface area contributed by atoms with Gasteiger partial charge in [-0.05, 0) is 65.4 Å². The highest BCUT2D eigenvalue weighted by molar-refractivity contribution is 9.10. The summed E-state index contributed by atoms with van der Waals surface area (Å²) in [6.45, 7) is 4.44. The summed E-state index contributed by atoms with van der Waals surface area (Å²) < 4.78 is 6.55. The number of likely N-dealkylation sites (tertiary alicyclic amines) is 1. The fourth-order valence-corrected chi connectivity index (χ4v) is 5.14. The fourth-order valence-electron chi connectivity index (χ4n) is 4.72. The number of rotatable bonds is 7. The normalized spacial score (nSPS) is 15.6. The molecule has 1 saturated heterocycles. The van der Waals surface area contributed by atoms with Crippen molar-refractivity contribution in [2.45, 2.75) is 19.8 Å². The molecule has 1 aliphatic heterocycles. The molecule has 184 valence electrons. The monoisotopic (exact) mass is 544 g/mol. The summed E-state index contributed by atoms with van der Waals surface area (Å²) in [7, 11) is 0. The molecule has 0 bridgehead atoms. The highest BCUT2D eigenvalue weighted by Gasteiger charge is 2.24. The number of fused-ring (bicyclic) bond motifs is 1. The van der Waals surface area contributed by atoms with Gasteiger partial charge in [0.1, 0.15) is 5.75 Å². The standard InChI is InChI=1S/C29H29BrN4O2/c1-20-8-5-6-12-23(20)27-14-26(24-16-31-17-25(30)29(24)33-27)32-15-21-9-7-13-34(18-21)28(35)19-36-22-10-3-2-4-11-22/h2-6,8,10-12,14,16-17,21H,7,9,13,15,18-19H2,1H3,(H,32,33). The van der Waals surface area contributed by atoms with Gasteiger partial charge in [-0.25, -0.2) is 4.98 Å². The lowest BCUT2D eigenvalue weighted by molar-refractivity contribution is -0.135. The number of hydrogen-bond donors (Lipinski definition) is 1. The zero-order valence-electron chi connectivity index (χ0n) is 20.3. The van der Waals surface area contributed by atoms with E-state index < -0.39 is 0 Å². The molecule has 0 radical (unpaired) electrons. The number of nitrogens with zero attached hydrogens (tertiary/aromatic N) is 3. The molecule has 3 heterocycles. The van der Waals surface area contributed by atoms with E-state index in [9.17, 15) is 4.79 Å². The van der Waals surface area contributed by atoms with Gasteiger partial charge in [-0.1, -0.05) is 42.5 Å². The maximum atomic E-state index is 12.8. The number of ether oxygens (including phenoxy) is 1. The molecule has 2 aromatic carbocycles. The van der Waals surface area contributed by atoms with E-state index >= 15 is 0 Å². The predicted octanol–water partition coefficient (Wildman–Crippen LogP) is 6.10. The van der Waals surface area contributed by atoms with Crippen LogP contribution in [-0.4, -0.2) is 47.0 Å². The Morgan fingerprint density at radius 3 is 2.78 bits per heavy atom. The number of piperidine rings is 1. The number of amides is 1. The lowest BCUT2D eigenvalue weighted by Gasteiger charge is -2.33. The molecule has 5 rings (SSSR count). The maximum absolute atomic E-state index is 12.8. The van der Waals surface area contributed by atoms with Crippen molar-refractivity contribution in [3.05, 3.63) is 83.1 Å². The SMILES string of the molecule is Cc1ccccc1-c1cc(NCC2CCCN(C(=O)COc3ccccc3)C2)c2cncc(Br)c2n1. The molecule has 1 atom stereocenters. The van der Waals surface area contributed by atoms with Gasteiger partial charge in [0.25, 0.3) is 5.91 Å². The first kappa shape index (κ1) is 24.3. The Morgan fingerprint density at radius 1 is 1.14 bits per heavy atom. The minimum absolute atomic E-state index is 0.0351. The molecule has 36 heavy (non-hydrogen) atoms. The van der Waals surface area contributed by atoms with Crippen LogP contribution in [0.5, 0.6) is 5.75 Å². The van der Waals surface area contributed by atoms with Crippen molar-refractivity contribution in [2.24, 2.45) is 5.92 Å². The summed E-state index contributed by atoms with van der Waals surface area (Å²) in [5, 5.41) is 4.64. The van der Waals surface area contributed by atoms with Crippen LogP contribution in [0.2, 0.25) is 0 Å². The minimum atomic E-state index is 0.0351. The van der Waals surface area contributed by atoms with E-state index in [4.69, 9.17) is 9.72 Å². The van der Waals surface area contributed by atoms with Crippen LogP contribution in [0, 0.1) is 12.8 Å². The summed E-state index contributed by atoms with van der Waals surface area (Å²) >= 11 is 3.63. The number of para-hydroxylation sites is 1. The van der Waals surface area contributed by atoms with Crippen molar-refractivity contribution >= 4 is 38.4 Å². The number of halogens is 1. The van der Waals surface area contributed by atoms with Gasteiger partial charge >= 0.3 is 0 Å². The Labute approximate surface area is 219 Å². The molecule has 1 unspecified atom stereocenters. The van der Waals surface area contributed by atoms with Crippen LogP contribution < -0.4 is 10.1 Å². The Balaban J connectivity index is 1.30. The zero-order valence-corrected chi connectivity index (χ0v) is 21.9. The fraction of sp³-hybridized carbons (Fsp3) is 0.276. The number of aryl methyl sites for hydroxylation is 1. The second-order valence-electron chi connectivity index (χ2n) is 9.22. The molecule has 0 saturated carbocycles. The molecule has 1 N–H and O–H groups in total. The average molecular weight is 545 g/mol. The summed E-state index contributed by atoms with van der Waals surface area (Å²) in [4.78, 5) is 24.0. The van der Waals surface area contributed by atoms with E-state index in [1.165, 1.54) is 5.56 Å². The van der Waals surface area contributed by atoms with Crippen LogP contribution in [0.15, 0.2) is 77.5 Å². The molecule has 1 fully saturated rings. The molecule has 4 aromatic rings. The number of pyridine rings is 2. The van der Waals surface area contributed by atoms with Crippen LogP contribution in [0.25, 0.3) is 22.2 Å². The third-order valence-electron chi connectivity index (χ3n) is 6.66. The summed E-state index contributed by atoms with van der Waals surface area (Å²) in [6.07, 6.45) is 5.70. The topological polar surface area (TPSA) is 67.4 Å². The second kappa shape index (κ2) is 11.1. The average Bonchev–Trinajstić information content (AvgIpc) is 2.91.